The maximum atomic E-state index is 12.5. The molecular formula is C18H19NO6. The number of hydrogen-bond acceptors (Lipinski definition) is 6. The molecule has 0 saturated carbocycles. The average molecular weight is 345 g/mol. The summed E-state index contributed by atoms with van der Waals surface area (Å²) < 4.78 is 15.0. The molecule has 2 rings (SSSR count). The molecule has 1 heterocycles. The lowest BCUT2D eigenvalue weighted by Crippen LogP contribution is -2.42. The minimum Gasteiger partial charge on any atom is -0.497 e. The van der Waals surface area contributed by atoms with Gasteiger partial charge in [0.05, 0.1) is 26.4 Å². The van der Waals surface area contributed by atoms with Crippen molar-refractivity contribution in [2.75, 3.05) is 13.7 Å². The fraction of sp³-hybridized carbons (Fsp3) is 0.278. The number of hydrogen-bond donors (Lipinski definition) is 1. The van der Waals surface area contributed by atoms with Gasteiger partial charge in [0.25, 0.3) is 5.91 Å². The molecule has 0 radical (unpaired) electrons. The lowest BCUT2D eigenvalue weighted by atomic mass is 10.1. The van der Waals surface area contributed by atoms with Crippen molar-refractivity contribution in [3.05, 3.63) is 54.0 Å². The van der Waals surface area contributed by atoms with Crippen LogP contribution in [0.15, 0.2) is 47.1 Å². The minimum absolute atomic E-state index is 0.0596. The Morgan fingerprint density at radius 2 is 1.88 bits per heavy atom. The molecule has 2 aromatic rings. The molecule has 0 saturated heterocycles. The number of furan rings is 1. The Balaban J connectivity index is 2.14. The van der Waals surface area contributed by atoms with Gasteiger partial charge in [-0.15, -0.1) is 0 Å². The maximum absolute atomic E-state index is 12.5. The number of ether oxygens (including phenoxy) is 2. The quantitative estimate of drug-likeness (QED) is 0.582. The Kier molecular flexibility index (Phi) is 6.33. The Morgan fingerprint density at radius 3 is 2.44 bits per heavy atom. The van der Waals surface area contributed by atoms with E-state index in [0.717, 1.165) is 0 Å². The lowest BCUT2D eigenvalue weighted by molar-refractivity contribution is -0.143. The van der Waals surface area contributed by atoms with Crippen LogP contribution in [0.25, 0.3) is 0 Å². The summed E-state index contributed by atoms with van der Waals surface area (Å²) in [4.78, 5) is 36.6. The summed E-state index contributed by atoms with van der Waals surface area (Å²) in [7, 11) is 1.52. The molecule has 1 atom stereocenters. The van der Waals surface area contributed by atoms with Crippen molar-refractivity contribution in [1.82, 2.24) is 5.32 Å². The summed E-state index contributed by atoms with van der Waals surface area (Å²) >= 11 is 0. The third-order valence-electron chi connectivity index (χ3n) is 3.41. The molecule has 0 aliphatic rings. The van der Waals surface area contributed by atoms with Crippen LogP contribution in [0.4, 0.5) is 0 Å². The van der Waals surface area contributed by atoms with Crippen molar-refractivity contribution < 1.29 is 28.3 Å². The number of amides is 1. The van der Waals surface area contributed by atoms with Crippen LogP contribution < -0.4 is 10.1 Å². The molecule has 0 aliphatic heterocycles. The third kappa shape index (κ3) is 4.94. The van der Waals surface area contributed by atoms with Crippen molar-refractivity contribution in [3.8, 4) is 5.75 Å². The van der Waals surface area contributed by atoms with Crippen LogP contribution in [0.3, 0.4) is 0 Å². The smallest absolute Gasteiger partial charge is 0.308 e. The molecule has 1 aromatic heterocycles. The van der Waals surface area contributed by atoms with Crippen molar-refractivity contribution in [1.29, 1.82) is 0 Å². The number of rotatable bonds is 8. The minimum atomic E-state index is -1.08. The Bertz CT molecular complexity index is 721. The van der Waals surface area contributed by atoms with Crippen molar-refractivity contribution in [2.45, 2.75) is 19.4 Å². The van der Waals surface area contributed by atoms with Crippen LogP contribution in [0.2, 0.25) is 0 Å². The number of ketones is 1. The summed E-state index contributed by atoms with van der Waals surface area (Å²) in [5.41, 5.74) is 0.335. The van der Waals surface area contributed by atoms with Gasteiger partial charge in [0.2, 0.25) is 5.78 Å². The molecule has 1 aromatic carbocycles. The Labute approximate surface area is 144 Å². The van der Waals surface area contributed by atoms with Gasteiger partial charge in [-0.05, 0) is 43.3 Å². The first kappa shape index (κ1) is 18.3. The molecular weight excluding hydrogens is 326 g/mol. The predicted octanol–water partition coefficient (Wildman–Crippen LogP) is 2.22. The molecule has 1 unspecified atom stereocenters. The van der Waals surface area contributed by atoms with Crippen LogP contribution in [-0.4, -0.2) is 37.4 Å². The largest absolute Gasteiger partial charge is 0.497 e. The predicted molar refractivity (Wildman–Crippen MR) is 88.5 cm³/mol. The highest BCUT2D eigenvalue weighted by Gasteiger charge is 2.27. The monoisotopic (exact) mass is 345 g/mol. The number of methoxy groups -OCH3 is 1. The fourth-order valence-corrected chi connectivity index (χ4v) is 2.17. The van der Waals surface area contributed by atoms with Gasteiger partial charge in [0, 0.05) is 5.56 Å². The van der Waals surface area contributed by atoms with E-state index in [4.69, 9.17) is 13.9 Å². The summed E-state index contributed by atoms with van der Waals surface area (Å²) in [5, 5.41) is 2.56. The molecule has 0 fully saturated rings. The zero-order valence-corrected chi connectivity index (χ0v) is 14.0. The van der Waals surface area contributed by atoms with Gasteiger partial charge < -0.3 is 19.2 Å². The normalized spacial score (nSPS) is 11.4. The van der Waals surface area contributed by atoms with Gasteiger partial charge in [0.1, 0.15) is 11.8 Å². The molecule has 25 heavy (non-hydrogen) atoms. The zero-order chi connectivity index (χ0) is 18.2. The number of nitrogens with one attached hydrogen (secondary N) is 1. The van der Waals surface area contributed by atoms with Gasteiger partial charge in [-0.25, -0.2) is 0 Å². The highest BCUT2D eigenvalue weighted by atomic mass is 16.5. The van der Waals surface area contributed by atoms with Crippen molar-refractivity contribution >= 4 is 17.7 Å². The standard InChI is InChI=1S/C18H19NO6/c1-3-24-16(20)11-14(17(21)15-5-4-10-25-15)19-18(22)12-6-8-13(23-2)9-7-12/h4-10,14H,3,11H2,1-2H3,(H,19,22). The number of Topliss-reactive ketones (excluding diaryl/α,β-unsaturated/α-hetero) is 1. The second kappa shape index (κ2) is 8.68. The highest BCUT2D eigenvalue weighted by molar-refractivity contribution is 6.04. The Hall–Kier alpha value is -3.09. The molecule has 132 valence electrons. The summed E-state index contributed by atoms with van der Waals surface area (Å²) in [6.07, 6.45) is 1.06. The Morgan fingerprint density at radius 1 is 1.16 bits per heavy atom. The average Bonchev–Trinajstić information content (AvgIpc) is 3.15. The van der Waals surface area contributed by atoms with Crippen molar-refractivity contribution in [3.63, 3.8) is 0 Å². The molecule has 0 spiro atoms. The molecule has 7 heteroatoms. The van der Waals surface area contributed by atoms with E-state index in [2.05, 4.69) is 5.32 Å². The summed E-state index contributed by atoms with van der Waals surface area (Å²) in [5.74, 6) is -0.908. The first-order valence-corrected chi connectivity index (χ1v) is 7.73. The number of carbonyl (C=O) groups is 3. The first-order valence-electron chi connectivity index (χ1n) is 7.73. The molecule has 0 aliphatic carbocycles. The fourth-order valence-electron chi connectivity index (χ4n) is 2.17. The van der Waals surface area contributed by atoms with E-state index < -0.39 is 23.7 Å². The zero-order valence-electron chi connectivity index (χ0n) is 14.0. The van der Waals surface area contributed by atoms with Crippen LogP contribution in [0.1, 0.15) is 34.3 Å². The second-order valence-electron chi connectivity index (χ2n) is 5.11. The van der Waals surface area contributed by atoms with Gasteiger partial charge in [-0.3, -0.25) is 14.4 Å². The molecule has 0 bridgehead atoms. The highest BCUT2D eigenvalue weighted by Crippen LogP contribution is 2.13. The number of benzene rings is 1. The first-order chi connectivity index (χ1) is 12.0. The van der Waals surface area contributed by atoms with Crippen LogP contribution in [-0.2, 0) is 9.53 Å². The van der Waals surface area contributed by atoms with E-state index >= 15 is 0 Å². The van der Waals surface area contributed by atoms with Crippen LogP contribution >= 0.6 is 0 Å². The van der Waals surface area contributed by atoms with E-state index in [-0.39, 0.29) is 18.8 Å². The molecule has 1 N–H and O–H groups in total. The van der Waals surface area contributed by atoms with Crippen LogP contribution in [0, 0.1) is 0 Å². The van der Waals surface area contributed by atoms with E-state index in [1.54, 1.807) is 37.3 Å². The molecule has 1 amide bonds. The van der Waals surface area contributed by atoms with E-state index in [1.165, 1.54) is 19.4 Å². The van der Waals surface area contributed by atoms with Gasteiger partial charge in [0.15, 0.2) is 5.76 Å². The lowest BCUT2D eigenvalue weighted by Gasteiger charge is -2.16. The number of esters is 1. The topological polar surface area (TPSA) is 94.8 Å². The maximum Gasteiger partial charge on any atom is 0.308 e. The molecule has 7 nitrogen and oxygen atoms in total. The van der Waals surface area contributed by atoms with E-state index in [0.29, 0.717) is 11.3 Å². The SMILES string of the molecule is CCOC(=O)CC(NC(=O)c1ccc(OC)cc1)C(=O)c1ccco1. The summed E-state index contributed by atoms with van der Waals surface area (Å²) in [6, 6.07) is 8.33. The number of carbonyl (C=O) groups excluding carboxylic acids is 3. The van der Waals surface area contributed by atoms with Crippen molar-refractivity contribution in [2.24, 2.45) is 0 Å². The summed E-state index contributed by atoms with van der Waals surface area (Å²) in [6.45, 7) is 1.85. The van der Waals surface area contributed by atoms with E-state index in [1.807, 2.05) is 0 Å². The van der Waals surface area contributed by atoms with Gasteiger partial charge in [-0.2, -0.15) is 0 Å². The second-order valence-corrected chi connectivity index (χ2v) is 5.11. The third-order valence-corrected chi connectivity index (χ3v) is 3.41. The van der Waals surface area contributed by atoms with Crippen LogP contribution in [0.5, 0.6) is 5.75 Å². The van der Waals surface area contributed by atoms with E-state index in [9.17, 15) is 14.4 Å². The van der Waals surface area contributed by atoms with Gasteiger partial charge >= 0.3 is 5.97 Å². The van der Waals surface area contributed by atoms with Gasteiger partial charge in [-0.1, -0.05) is 0 Å².